The summed E-state index contributed by atoms with van der Waals surface area (Å²) in [6, 6.07) is 0.240. The second-order valence-electron chi connectivity index (χ2n) is 4.74. The monoisotopic (exact) mass is 211 g/mol. The van der Waals surface area contributed by atoms with Crippen molar-refractivity contribution in [3.05, 3.63) is 0 Å². The van der Waals surface area contributed by atoms with Gasteiger partial charge < -0.3 is 16.0 Å². The molecule has 1 unspecified atom stereocenters. The first-order valence-electron chi connectivity index (χ1n) is 6.06. The van der Waals surface area contributed by atoms with Crippen LogP contribution in [0.15, 0.2) is 0 Å². The van der Waals surface area contributed by atoms with E-state index in [2.05, 4.69) is 5.32 Å². The highest BCUT2D eigenvalue weighted by Crippen LogP contribution is 2.31. The maximum absolute atomic E-state index is 11.7. The van der Waals surface area contributed by atoms with E-state index in [4.69, 9.17) is 5.73 Å². The average Bonchev–Trinajstić information content (AvgIpc) is 3.10. The fraction of sp³-hybridized carbons (Fsp3) is 0.909. The van der Waals surface area contributed by atoms with Crippen LogP contribution in [-0.4, -0.2) is 36.6 Å². The molecule has 3 N–H and O–H groups in total. The van der Waals surface area contributed by atoms with Gasteiger partial charge in [0.05, 0.1) is 0 Å². The third kappa shape index (κ3) is 3.09. The van der Waals surface area contributed by atoms with Crippen LogP contribution in [-0.2, 0) is 0 Å². The molecule has 0 aromatic heterocycles. The number of hydrogen-bond acceptors (Lipinski definition) is 2. The molecule has 0 bridgehead atoms. The van der Waals surface area contributed by atoms with E-state index >= 15 is 0 Å². The summed E-state index contributed by atoms with van der Waals surface area (Å²) >= 11 is 0. The maximum atomic E-state index is 11.7. The highest BCUT2D eigenvalue weighted by Gasteiger charge is 2.28. The van der Waals surface area contributed by atoms with Gasteiger partial charge in [-0.15, -0.1) is 0 Å². The van der Waals surface area contributed by atoms with Crippen molar-refractivity contribution in [1.82, 2.24) is 10.2 Å². The van der Waals surface area contributed by atoms with Crippen molar-refractivity contribution in [3.63, 3.8) is 0 Å². The zero-order valence-electron chi connectivity index (χ0n) is 9.24. The topological polar surface area (TPSA) is 58.4 Å². The molecule has 4 heteroatoms. The number of carbonyl (C=O) groups excluding carboxylic acids is 1. The van der Waals surface area contributed by atoms with Crippen molar-refractivity contribution >= 4 is 6.03 Å². The smallest absolute Gasteiger partial charge is 0.317 e. The molecular weight excluding hydrogens is 190 g/mol. The molecule has 1 aliphatic heterocycles. The third-order valence-corrected chi connectivity index (χ3v) is 3.36. The van der Waals surface area contributed by atoms with Gasteiger partial charge >= 0.3 is 6.03 Å². The molecule has 0 aromatic carbocycles. The molecule has 4 nitrogen and oxygen atoms in total. The molecule has 86 valence electrons. The van der Waals surface area contributed by atoms with Gasteiger partial charge in [0.2, 0.25) is 0 Å². The summed E-state index contributed by atoms with van der Waals surface area (Å²) in [6.45, 7) is 2.45. The SMILES string of the molecule is NC(CNC(=O)N1CCCCC1)C1CC1. The zero-order valence-corrected chi connectivity index (χ0v) is 9.24. The van der Waals surface area contributed by atoms with E-state index in [0.29, 0.717) is 12.5 Å². The first-order chi connectivity index (χ1) is 7.27. The van der Waals surface area contributed by atoms with Crippen LogP contribution in [0.25, 0.3) is 0 Å². The molecule has 1 saturated heterocycles. The summed E-state index contributed by atoms with van der Waals surface area (Å²) in [5, 5.41) is 2.94. The fourth-order valence-corrected chi connectivity index (χ4v) is 2.11. The number of hydrogen-bond donors (Lipinski definition) is 2. The molecule has 2 rings (SSSR count). The average molecular weight is 211 g/mol. The van der Waals surface area contributed by atoms with Crippen LogP contribution in [0.4, 0.5) is 4.79 Å². The van der Waals surface area contributed by atoms with Gasteiger partial charge in [0.1, 0.15) is 0 Å². The number of likely N-dealkylation sites (tertiary alicyclic amines) is 1. The van der Waals surface area contributed by atoms with E-state index < -0.39 is 0 Å². The second-order valence-corrected chi connectivity index (χ2v) is 4.74. The van der Waals surface area contributed by atoms with Crippen molar-refractivity contribution in [3.8, 4) is 0 Å². The molecule has 0 radical (unpaired) electrons. The Balaban J connectivity index is 1.66. The predicted molar refractivity (Wildman–Crippen MR) is 59.5 cm³/mol. The number of nitrogens with one attached hydrogen (secondary N) is 1. The number of piperidine rings is 1. The summed E-state index contributed by atoms with van der Waals surface area (Å²) in [4.78, 5) is 13.6. The van der Waals surface area contributed by atoms with Crippen LogP contribution >= 0.6 is 0 Å². The number of rotatable bonds is 3. The Morgan fingerprint density at radius 2 is 2.00 bits per heavy atom. The van der Waals surface area contributed by atoms with Crippen LogP contribution in [0.5, 0.6) is 0 Å². The standard InChI is InChI=1S/C11H21N3O/c12-10(9-4-5-9)8-13-11(15)14-6-2-1-3-7-14/h9-10H,1-8,12H2,(H,13,15). The van der Waals surface area contributed by atoms with Gasteiger partial charge in [-0.05, 0) is 38.0 Å². The van der Waals surface area contributed by atoms with Crippen molar-refractivity contribution in [2.24, 2.45) is 11.7 Å². The molecule has 2 aliphatic rings. The van der Waals surface area contributed by atoms with E-state index in [-0.39, 0.29) is 12.1 Å². The summed E-state index contributed by atoms with van der Waals surface area (Å²) in [7, 11) is 0. The Kier molecular flexibility index (Phi) is 3.46. The summed E-state index contributed by atoms with van der Waals surface area (Å²) in [5.41, 5.74) is 5.92. The second kappa shape index (κ2) is 4.84. The molecule has 0 aromatic rings. The normalized spacial score (nSPS) is 23.7. The van der Waals surface area contributed by atoms with Crippen LogP contribution in [0.2, 0.25) is 0 Å². The fourth-order valence-electron chi connectivity index (χ4n) is 2.11. The summed E-state index contributed by atoms with van der Waals surface area (Å²) in [6.07, 6.45) is 6.01. The van der Waals surface area contributed by atoms with E-state index in [1.54, 1.807) is 0 Å². The molecule has 1 heterocycles. The van der Waals surface area contributed by atoms with E-state index in [1.165, 1.54) is 19.3 Å². The van der Waals surface area contributed by atoms with Crippen LogP contribution in [0.3, 0.4) is 0 Å². The minimum atomic E-state index is 0.0748. The lowest BCUT2D eigenvalue weighted by Gasteiger charge is -2.27. The summed E-state index contributed by atoms with van der Waals surface area (Å²) in [5.74, 6) is 0.659. The highest BCUT2D eigenvalue weighted by atomic mass is 16.2. The Hall–Kier alpha value is -0.770. The predicted octanol–water partition coefficient (Wildman–Crippen LogP) is 0.919. The van der Waals surface area contributed by atoms with Gasteiger partial charge in [-0.1, -0.05) is 0 Å². The van der Waals surface area contributed by atoms with Crippen LogP contribution in [0.1, 0.15) is 32.1 Å². The molecule has 1 saturated carbocycles. The molecule has 2 amide bonds. The first kappa shape index (κ1) is 10.7. The van der Waals surface area contributed by atoms with Gasteiger partial charge in [-0.3, -0.25) is 0 Å². The van der Waals surface area contributed by atoms with Crippen LogP contribution < -0.4 is 11.1 Å². The van der Waals surface area contributed by atoms with Gasteiger partial charge in [0.15, 0.2) is 0 Å². The minimum absolute atomic E-state index is 0.0748. The molecular formula is C11H21N3O. The van der Waals surface area contributed by atoms with E-state index in [1.807, 2.05) is 4.90 Å². The largest absolute Gasteiger partial charge is 0.336 e. The molecule has 1 aliphatic carbocycles. The highest BCUT2D eigenvalue weighted by molar-refractivity contribution is 5.74. The molecule has 0 spiro atoms. The lowest BCUT2D eigenvalue weighted by molar-refractivity contribution is 0.185. The summed E-state index contributed by atoms with van der Waals surface area (Å²) < 4.78 is 0. The van der Waals surface area contributed by atoms with Gasteiger partial charge in [0.25, 0.3) is 0 Å². The lowest BCUT2D eigenvalue weighted by Crippen LogP contribution is -2.47. The maximum Gasteiger partial charge on any atom is 0.317 e. The lowest BCUT2D eigenvalue weighted by atomic mass is 10.1. The Morgan fingerprint density at radius 1 is 1.33 bits per heavy atom. The van der Waals surface area contributed by atoms with Gasteiger partial charge in [-0.2, -0.15) is 0 Å². The Labute approximate surface area is 91.2 Å². The number of nitrogens with zero attached hydrogens (tertiary/aromatic N) is 1. The number of nitrogens with two attached hydrogens (primary N) is 1. The van der Waals surface area contributed by atoms with Crippen molar-refractivity contribution in [1.29, 1.82) is 0 Å². The van der Waals surface area contributed by atoms with E-state index in [9.17, 15) is 4.79 Å². The van der Waals surface area contributed by atoms with E-state index in [0.717, 1.165) is 25.9 Å². The number of amides is 2. The Morgan fingerprint density at radius 3 is 2.60 bits per heavy atom. The quantitative estimate of drug-likeness (QED) is 0.729. The van der Waals surface area contributed by atoms with Gasteiger partial charge in [0, 0.05) is 25.7 Å². The number of carbonyl (C=O) groups is 1. The molecule has 1 atom stereocenters. The van der Waals surface area contributed by atoms with Crippen molar-refractivity contribution in [2.75, 3.05) is 19.6 Å². The van der Waals surface area contributed by atoms with Crippen molar-refractivity contribution in [2.45, 2.75) is 38.1 Å². The first-order valence-corrected chi connectivity index (χ1v) is 6.06. The van der Waals surface area contributed by atoms with Gasteiger partial charge in [-0.25, -0.2) is 4.79 Å². The van der Waals surface area contributed by atoms with Crippen LogP contribution in [0, 0.1) is 5.92 Å². The molecule has 15 heavy (non-hydrogen) atoms. The molecule has 2 fully saturated rings. The van der Waals surface area contributed by atoms with Crippen molar-refractivity contribution < 1.29 is 4.79 Å². The zero-order chi connectivity index (χ0) is 10.7. The minimum Gasteiger partial charge on any atom is -0.336 e. The number of urea groups is 1. The third-order valence-electron chi connectivity index (χ3n) is 3.36. The Bertz CT molecular complexity index is 222.